The number of ether oxygens (including phenoxy) is 2. The van der Waals surface area contributed by atoms with Crippen LogP contribution in [0.1, 0.15) is 5.56 Å². The first-order valence-corrected chi connectivity index (χ1v) is 6.56. The molecule has 0 aliphatic carbocycles. The van der Waals surface area contributed by atoms with E-state index in [4.69, 9.17) is 14.6 Å². The van der Waals surface area contributed by atoms with E-state index in [2.05, 4.69) is 0 Å². The maximum atomic E-state index is 10.6. The monoisotopic (exact) mass is 284 g/mol. The van der Waals surface area contributed by atoms with Crippen LogP contribution in [0.3, 0.4) is 0 Å². The first-order valence-electron chi connectivity index (χ1n) is 6.56. The largest absolute Gasteiger partial charge is 0.490 e. The topological polar surface area (TPSA) is 55.8 Å². The number of carboxylic acids is 1. The third-order valence-electron chi connectivity index (χ3n) is 2.68. The zero-order chi connectivity index (χ0) is 14.9. The molecule has 0 aromatic heterocycles. The predicted octanol–water partition coefficient (Wildman–Crippen LogP) is 3.24. The smallest absolute Gasteiger partial charge is 0.328 e. The lowest BCUT2D eigenvalue weighted by atomic mass is 10.2. The van der Waals surface area contributed by atoms with Crippen molar-refractivity contribution in [1.82, 2.24) is 0 Å². The van der Waals surface area contributed by atoms with Gasteiger partial charge in [-0.25, -0.2) is 4.79 Å². The summed E-state index contributed by atoms with van der Waals surface area (Å²) in [5, 5.41) is 8.66. The Morgan fingerprint density at radius 2 is 1.62 bits per heavy atom. The van der Waals surface area contributed by atoms with Gasteiger partial charge in [-0.3, -0.25) is 0 Å². The summed E-state index contributed by atoms with van der Waals surface area (Å²) in [6.07, 6.45) is 2.60. The molecular weight excluding hydrogens is 268 g/mol. The van der Waals surface area contributed by atoms with Crippen molar-refractivity contribution in [1.29, 1.82) is 0 Å². The van der Waals surface area contributed by atoms with E-state index in [-0.39, 0.29) is 0 Å². The summed E-state index contributed by atoms with van der Waals surface area (Å²) in [4.78, 5) is 10.6. The molecule has 0 atom stereocenters. The first-order chi connectivity index (χ1) is 10.3. The lowest BCUT2D eigenvalue weighted by Gasteiger charge is -2.10. The number of para-hydroxylation sites is 2. The molecule has 0 radical (unpaired) electrons. The number of hydrogen-bond donors (Lipinski definition) is 1. The molecule has 4 heteroatoms. The summed E-state index contributed by atoms with van der Waals surface area (Å²) in [5.74, 6) is 0.434. The zero-order valence-corrected chi connectivity index (χ0v) is 11.4. The first kappa shape index (κ1) is 14.7. The van der Waals surface area contributed by atoms with Crippen LogP contribution in [0.4, 0.5) is 0 Å². The number of rotatable bonds is 7. The van der Waals surface area contributed by atoms with E-state index < -0.39 is 5.97 Å². The molecule has 1 N–H and O–H groups in total. The van der Waals surface area contributed by atoms with Gasteiger partial charge in [-0.15, -0.1) is 0 Å². The Hall–Kier alpha value is -2.75. The third-order valence-corrected chi connectivity index (χ3v) is 2.68. The summed E-state index contributed by atoms with van der Waals surface area (Å²) >= 11 is 0. The van der Waals surface area contributed by atoms with Gasteiger partial charge in [0, 0.05) is 11.6 Å². The molecule has 0 amide bonds. The lowest BCUT2D eigenvalue weighted by molar-refractivity contribution is -0.131. The van der Waals surface area contributed by atoms with Crippen molar-refractivity contribution >= 4 is 12.0 Å². The van der Waals surface area contributed by atoms with Crippen LogP contribution in [0.2, 0.25) is 0 Å². The molecule has 0 aliphatic heterocycles. The van der Waals surface area contributed by atoms with Crippen molar-refractivity contribution in [2.24, 2.45) is 0 Å². The Bertz CT molecular complexity index is 605. The van der Waals surface area contributed by atoms with Gasteiger partial charge in [-0.1, -0.05) is 36.4 Å². The Labute approximate surface area is 123 Å². The Kier molecular flexibility index (Phi) is 5.41. The minimum atomic E-state index is -0.989. The van der Waals surface area contributed by atoms with E-state index in [0.717, 1.165) is 17.4 Å². The molecule has 0 heterocycles. The zero-order valence-electron chi connectivity index (χ0n) is 11.4. The fraction of sp³-hybridized carbons (Fsp3) is 0.118. The highest BCUT2D eigenvalue weighted by molar-refractivity contribution is 5.85. The van der Waals surface area contributed by atoms with Crippen molar-refractivity contribution in [3.63, 3.8) is 0 Å². The maximum absolute atomic E-state index is 10.6. The molecule has 2 aromatic rings. The van der Waals surface area contributed by atoms with Gasteiger partial charge in [-0.05, 0) is 24.3 Å². The number of aliphatic carboxylic acids is 1. The number of benzene rings is 2. The summed E-state index contributed by atoms with van der Waals surface area (Å²) < 4.78 is 11.2. The Balaban J connectivity index is 1.87. The molecule has 0 saturated carbocycles. The second kappa shape index (κ2) is 7.75. The van der Waals surface area contributed by atoms with E-state index >= 15 is 0 Å². The van der Waals surface area contributed by atoms with E-state index in [1.165, 1.54) is 6.08 Å². The Morgan fingerprint density at radius 3 is 2.38 bits per heavy atom. The molecule has 21 heavy (non-hydrogen) atoms. The molecule has 0 spiro atoms. The van der Waals surface area contributed by atoms with Crippen LogP contribution in [0.25, 0.3) is 6.08 Å². The fourth-order valence-electron chi connectivity index (χ4n) is 1.74. The summed E-state index contributed by atoms with van der Waals surface area (Å²) in [6, 6.07) is 16.8. The summed E-state index contributed by atoms with van der Waals surface area (Å²) in [5.41, 5.74) is 0.722. The van der Waals surface area contributed by atoms with E-state index in [1.807, 2.05) is 42.5 Å². The van der Waals surface area contributed by atoms with E-state index in [0.29, 0.717) is 19.0 Å². The molecule has 108 valence electrons. The molecule has 0 unspecified atom stereocenters. The van der Waals surface area contributed by atoms with E-state index in [1.54, 1.807) is 12.1 Å². The number of carbonyl (C=O) groups is 1. The molecular formula is C17H16O4. The van der Waals surface area contributed by atoms with Gasteiger partial charge in [0.25, 0.3) is 0 Å². The van der Waals surface area contributed by atoms with Crippen LogP contribution in [0, 0.1) is 0 Å². The van der Waals surface area contributed by atoms with Gasteiger partial charge in [0.2, 0.25) is 0 Å². The van der Waals surface area contributed by atoms with Crippen LogP contribution < -0.4 is 9.47 Å². The van der Waals surface area contributed by atoms with Gasteiger partial charge in [-0.2, -0.15) is 0 Å². The van der Waals surface area contributed by atoms with E-state index in [9.17, 15) is 4.79 Å². The maximum Gasteiger partial charge on any atom is 0.328 e. The van der Waals surface area contributed by atoms with Crippen molar-refractivity contribution in [3.05, 3.63) is 66.2 Å². The van der Waals surface area contributed by atoms with Gasteiger partial charge < -0.3 is 14.6 Å². The quantitative estimate of drug-likeness (QED) is 0.626. The van der Waals surface area contributed by atoms with Crippen LogP contribution in [-0.4, -0.2) is 24.3 Å². The van der Waals surface area contributed by atoms with Gasteiger partial charge >= 0.3 is 5.97 Å². The molecule has 2 rings (SSSR count). The van der Waals surface area contributed by atoms with Crippen LogP contribution >= 0.6 is 0 Å². The minimum absolute atomic E-state index is 0.382. The van der Waals surface area contributed by atoms with Gasteiger partial charge in [0.15, 0.2) is 0 Å². The molecule has 0 aliphatic rings. The molecule has 4 nitrogen and oxygen atoms in total. The third kappa shape index (κ3) is 5.03. The highest BCUT2D eigenvalue weighted by atomic mass is 16.5. The van der Waals surface area contributed by atoms with Crippen molar-refractivity contribution in [3.8, 4) is 11.5 Å². The average Bonchev–Trinajstić information content (AvgIpc) is 2.51. The molecule has 0 bridgehead atoms. The number of carboxylic acid groups (broad SMARTS) is 1. The SMILES string of the molecule is O=C(O)/C=C/c1ccccc1OCCOc1ccccc1. The second-order valence-corrected chi connectivity index (χ2v) is 4.22. The normalized spacial score (nSPS) is 10.5. The van der Waals surface area contributed by atoms with Gasteiger partial charge in [0.05, 0.1) is 0 Å². The molecule has 2 aromatic carbocycles. The Morgan fingerprint density at radius 1 is 0.952 bits per heavy atom. The van der Waals surface area contributed by atoms with Crippen LogP contribution in [0.5, 0.6) is 11.5 Å². The minimum Gasteiger partial charge on any atom is -0.490 e. The number of hydrogen-bond acceptors (Lipinski definition) is 3. The highest BCUT2D eigenvalue weighted by Crippen LogP contribution is 2.19. The standard InChI is InChI=1S/C17H16O4/c18-17(19)11-10-14-6-4-5-9-16(14)21-13-12-20-15-7-2-1-3-8-15/h1-11H,12-13H2,(H,18,19)/b11-10+. The van der Waals surface area contributed by atoms with Crippen molar-refractivity contribution in [2.45, 2.75) is 0 Å². The summed E-state index contributed by atoms with van der Waals surface area (Å²) in [6.45, 7) is 0.799. The van der Waals surface area contributed by atoms with Crippen molar-refractivity contribution < 1.29 is 19.4 Å². The highest BCUT2D eigenvalue weighted by Gasteiger charge is 2.00. The molecule has 0 saturated heterocycles. The predicted molar refractivity (Wildman–Crippen MR) is 80.5 cm³/mol. The second-order valence-electron chi connectivity index (χ2n) is 4.22. The molecule has 0 fully saturated rings. The van der Waals surface area contributed by atoms with Crippen LogP contribution in [-0.2, 0) is 4.79 Å². The van der Waals surface area contributed by atoms with Gasteiger partial charge in [0.1, 0.15) is 24.7 Å². The van der Waals surface area contributed by atoms with Crippen molar-refractivity contribution in [2.75, 3.05) is 13.2 Å². The average molecular weight is 284 g/mol. The lowest BCUT2D eigenvalue weighted by Crippen LogP contribution is -2.09. The summed E-state index contributed by atoms with van der Waals surface area (Å²) in [7, 11) is 0. The fourth-order valence-corrected chi connectivity index (χ4v) is 1.74. The van der Waals surface area contributed by atoms with Crippen LogP contribution in [0.15, 0.2) is 60.7 Å².